The Morgan fingerprint density at radius 1 is 0.903 bits per heavy atom. The Hall–Kier alpha value is -1.33. The second-order valence-corrected chi connectivity index (χ2v) is 12.2. The van der Waals surface area contributed by atoms with Gasteiger partial charge in [-0.25, -0.2) is 21.1 Å². The van der Waals surface area contributed by atoms with Crippen molar-refractivity contribution < 1.29 is 30.0 Å². The third-order valence-electron chi connectivity index (χ3n) is 4.96. The molecule has 1 rings (SSSR count). The molecule has 0 fully saturated rings. The second kappa shape index (κ2) is 11.5. The Bertz CT molecular complexity index is 880. The van der Waals surface area contributed by atoms with E-state index in [0.29, 0.717) is 25.8 Å². The lowest BCUT2D eigenvalue weighted by Gasteiger charge is -2.27. The van der Waals surface area contributed by atoms with E-state index >= 15 is 0 Å². The highest BCUT2D eigenvalue weighted by Gasteiger charge is 2.56. The van der Waals surface area contributed by atoms with Gasteiger partial charge in [0.15, 0.2) is 4.58 Å². The molecule has 180 valence electrons. The monoisotopic (exact) mass is 486 g/mol. The maximum Gasteiger partial charge on any atom is 0.498 e. The van der Waals surface area contributed by atoms with Crippen LogP contribution in [0.2, 0.25) is 0 Å². The average Bonchev–Trinajstić information content (AvgIpc) is 2.66. The van der Waals surface area contributed by atoms with Crippen LogP contribution in [0, 0.1) is 6.92 Å². The van der Waals surface area contributed by atoms with Gasteiger partial charge in [-0.2, -0.15) is 13.2 Å². The highest BCUT2D eigenvalue weighted by atomic mass is 32.3. The van der Waals surface area contributed by atoms with Gasteiger partial charge in [-0.15, -0.1) is 0 Å². The van der Waals surface area contributed by atoms with Crippen LogP contribution in [-0.2, 0) is 19.9 Å². The summed E-state index contributed by atoms with van der Waals surface area (Å²) in [6.45, 7) is 5.74. The minimum atomic E-state index is -5.88. The van der Waals surface area contributed by atoms with Crippen molar-refractivity contribution in [1.82, 2.24) is 4.31 Å². The smallest absolute Gasteiger partial charge is 0.375 e. The molecule has 0 bridgehead atoms. The molecule has 0 heterocycles. The summed E-state index contributed by atoms with van der Waals surface area (Å²) in [5.74, 6) is 0. The fourth-order valence-corrected chi connectivity index (χ4v) is 7.65. The molecule has 1 aromatic rings. The van der Waals surface area contributed by atoms with E-state index in [1.54, 1.807) is 13.8 Å². The van der Waals surface area contributed by atoms with Gasteiger partial charge in [0.05, 0.1) is 0 Å². The molecule has 0 amide bonds. The minimum absolute atomic E-state index is 0.0176. The Balaban J connectivity index is 2.99. The van der Waals surface area contributed by atoms with Crippen molar-refractivity contribution in [3.05, 3.63) is 29.8 Å². The van der Waals surface area contributed by atoms with E-state index in [0.717, 1.165) is 15.6 Å². The Kier molecular flexibility index (Phi) is 10.3. The predicted molar refractivity (Wildman–Crippen MR) is 118 cm³/mol. The van der Waals surface area contributed by atoms with Crippen LogP contribution in [0.4, 0.5) is 18.9 Å². The van der Waals surface area contributed by atoms with E-state index in [9.17, 15) is 30.0 Å². The lowest BCUT2D eigenvalue weighted by atomic mass is 10.2. The molecule has 0 aliphatic heterocycles. The summed E-state index contributed by atoms with van der Waals surface area (Å²) in [4.78, 5) is 1.89. The summed E-state index contributed by atoms with van der Waals surface area (Å²) in [6, 6.07) is 7.68. The summed E-state index contributed by atoms with van der Waals surface area (Å²) in [5.41, 5.74) is -3.63. The quantitative estimate of drug-likeness (QED) is 0.388. The van der Waals surface area contributed by atoms with Crippen molar-refractivity contribution in [3.8, 4) is 0 Å². The number of hydrogen-bond donors (Lipinski definition) is 0. The maximum atomic E-state index is 13.3. The van der Waals surface area contributed by atoms with Crippen LogP contribution in [0.3, 0.4) is 0 Å². The third-order valence-corrected chi connectivity index (χ3v) is 10.0. The fourth-order valence-electron chi connectivity index (χ4n) is 3.23. The third kappa shape index (κ3) is 7.35. The van der Waals surface area contributed by atoms with E-state index < -0.39 is 36.4 Å². The molecule has 0 aliphatic rings. The summed E-state index contributed by atoms with van der Waals surface area (Å²) in [5, 5.41) is 0. The Labute approximate surface area is 184 Å². The van der Waals surface area contributed by atoms with Crippen molar-refractivity contribution >= 4 is 25.5 Å². The topological polar surface area (TPSA) is 74.8 Å². The molecular weight excluding hydrogens is 453 g/mol. The first-order chi connectivity index (χ1) is 14.3. The van der Waals surface area contributed by atoms with Crippen molar-refractivity contribution in [3.63, 3.8) is 0 Å². The van der Waals surface area contributed by atoms with Gasteiger partial charge in [0.25, 0.3) is 9.84 Å². The van der Waals surface area contributed by atoms with E-state index in [1.807, 2.05) is 43.1 Å². The molecule has 0 radical (unpaired) electrons. The van der Waals surface area contributed by atoms with Crippen molar-refractivity contribution in [2.24, 2.45) is 0 Å². The van der Waals surface area contributed by atoms with Crippen LogP contribution in [0.5, 0.6) is 0 Å². The molecule has 1 atom stereocenters. The number of anilines is 1. The number of hydrogen-bond acceptors (Lipinski definition) is 5. The van der Waals surface area contributed by atoms with E-state index in [2.05, 4.69) is 0 Å². The Morgan fingerprint density at radius 2 is 1.42 bits per heavy atom. The molecular formula is C20H33F3N2O4S2. The summed E-state index contributed by atoms with van der Waals surface area (Å²) in [7, 11) is -8.74. The van der Waals surface area contributed by atoms with E-state index in [1.165, 1.54) is 0 Å². The molecule has 0 saturated carbocycles. The summed E-state index contributed by atoms with van der Waals surface area (Å²) in [6.07, 6.45) is 0.529. The van der Waals surface area contributed by atoms with Gasteiger partial charge < -0.3 is 4.90 Å². The van der Waals surface area contributed by atoms with Gasteiger partial charge in [-0.1, -0.05) is 31.5 Å². The number of sulfone groups is 1. The minimum Gasteiger partial charge on any atom is -0.375 e. The molecule has 0 aliphatic carbocycles. The van der Waals surface area contributed by atoms with Gasteiger partial charge in [0.1, 0.15) is 0 Å². The fraction of sp³-hybridized carbons (Fsp3) is 0.700. The van der Waals surface area contributed by atoms with Crippen LogP contribution in [-0.4, -0.2) is 57.9 Å². The first-order valence-electron chi connectivity index (χ1n) is 10.4. The molecule has 11 heteroatoms. The normalized spacial score (nSPS) is 14.1. The van der Waals surface area contributed by atoms with Gasteiger partial charge >= 0.3 is 5.51 Å². The Morgan fingerprint density at radius 3 is 1.87 bits per heavy atom. The first kappa shape index (κ1) is 27.7. The number of sulfonamides is 1. The molecule has 1 aromatic carbocycles. The zero-order valence-corrected chi connectivity index (χ0v) is 20.2. The summed E-state index contributed by atoms with van der Waals surface area (Å²) >= 11 is 0. The van der Waals surface area contributed by atoms with Crippen LogP contribution in [0.1, 0.15) is 51.5 Å². The number of unbranched alkanes of at least 4 members (excludes halogenated alkanes) is 1. The standard InChI is InChI=1S/C20H33F3N2O4S2/c1-5-14-25(15-6-2)31(28,29)19(30(26,27)20(21,22)23)9-7-8-16-24(4)18-12-10-17(3)11-13-18/h10-13,19H,5-9,14-16H2,1-4H3. The van der Waals surface area contributed by atoms with Gasteiger partial charge in [0.2, 0.25) is 10.0 Å². The number of rotatable bonds is 13. The molecule has 0 N–H and O–H groups in total. The highest BCUT2D eigenvalue weighted by molar-refractivity contribution is 8.08. The van der Waals surface area contributed by atoms with Gasteiger partial charge in [-0.3, -0.25) is 0 Å². The second-order valence-electron chi connectivity index (χ2n) is 7.62. The van der Waals surface area contributed by atoms with Gasteiger partial charge in [0, 0.05) is 32.4 Å². The lowest BCUT2D eigenvalue weighted by molar-refractivity contribution is -0.0440. The van der Waals surface area contributed by atoms with Crippen molar-refractivity contribution in [1.29, 1.82) is 0 Å². The van der Waals surface area contributed by atoms with E-state index in [-0.39, 0.29) is 19.5 Å². The zero-order chi connectivity index (χ0) is 23.9. The molecule has 0 saturated heterocycles. The largest absolute Gasteiger partial charge is 0.498 e. The predicted octanol–water partition coefficient (Wildman–Crippen LogP) is 4.31. The molecule has 1 unspecified atom stereocenters. The summed E-state index contributed by atoms with van der Waals surface area (Å²) < 4.78 is 88.3. The molecule has 6 nitrogen and oxygen atoms in total. The van der Waals surface area contributed by atoms with Crippen LogP contribution in [0.15, 0.2) is 24.3 Å². The van der Waals surface area contributed by atoms with Crippen LogP contribution >= 0.6 is 0 Å². The molecule has 0 aromatic heterocycles. The van der Waals surface area contributed by atoms with Gasteiger partial charge in [-0.05, 0) is 51.2 Å². The average molecular weight is 487 g/mol. The number of aryl methyl sites for hydroxylation is 1. The molecule has 0 spiro atoms. The highest BCUT2D eigenvalue weighted by Crippen LogP contribution is 2.33. The molecule has 31 heavy (non-hydrogen) atoms. The SMILES string of the molecule is CCCN(CCC)S(=O)(=O)C(CCCCN(C)c1ccc(C)cc1)S(=O)(=O)C(F)(F)F. The number of nitrogens with zero attached hydrogens (tertiary/aromatic N) is 2. The van der Waals surface area contributed by atoms with Crippen molar-refractivity contribution in [2.45, 2.75) is 63.0 Å². The maximum absolute atomic E-state index is 13.3. The zero-order valence-electron chi connectivity index (χ0n) is 18.5. The number of halogens is 3. The van der Waals surface area contributed by atoms with Crippen LogP contribution < -0.4 is 4.90 Å². The lowest BCUT2D eigenvalue weighted by Crippen LogP contribution is -2.47. The number of alkyl halides is 3. The van der Waals surface area contributed by atoms with E-state index in [4.69, 9.17) is 0 Å². The van der Waals surface area contributed by atoms with Crippen molar-refractivity contribution in [2.75, 3.05) is 31.6 Å². The first-order valence-corrected chi connectivity index (χ1v) is 13.4. The number of benzene rings is 1. The van der Waals surface area contributed by atoms with Crippen LogP contribution in [0.25, 0.3) is 0 Å².